The van der Waals surface area contributed by atoms with Crippen LogP contribution in [0, 0.1) is 17.6 Å². The largest absolute Gasteiger partial charge is 0.503 e. The number of hydrogen-bond acceptors (Lipinski definition) is 8. The monoisotopic (exact) mass is 529 g/mol. The van der Waals surface area contributed by atoms with E-state index in [1.165, 1.54) is 64.8 Å². The summed E-state index contributed by atoms with van der Waals surface area (Å²) < 4.78 is 49.9. The van der Waals surface area contributed by atoms with Crippen LogP contribution < -0.4 is 14.2 Å². The van der Waals surface area contributed by atoms with Gasteiger partial charge in [-0.05, 0) is 42.3 Å². The minimum absolute atomic E-state index is 0.0751. The highest BCUT2D eigenvalue weighted by atomic mass is 19.1. The number of aromatic nitrogens is 1. The minimum atomic E-state index is -0.915. The van der Waals surface area contributed by atoms with Crippen molar-refractivity contribution < 1.29 is 42.4 Å². The number of aromatic hydroxyl groups is 1. The van der Waals surface area contributed by atoms with E-state index in [-0.39, 0.29) is 29.4 Å². The molecule has 2 atom stereocenters. The van der Waals surface area contributed by atoms with Crippen LogP contribution in [0.25, 0.3) is 0 Å². The molecule has 1 heterocycles. The lowest BCUT2D eigenvalue weighted by Gasteiger charge is -2.27. The zero-order chi connectivity index (χ0) is 28.0. The van der Waals surface area contributed by atoms with Crippen LogP contribution in [0.5, 0.6) is 23.0 Å². The predicted molar refractivity (Wildman–Crippen MR) is 134 cm³/mol. The van der Waals surface area contributed by atoms with Gasteiger partial charge in [-0.25, -0.2) is 13.8 Å². The van der Waals surface area contributed by atoms with E-state index < -0.39 is 47.1 Å². The van der Waals surface area contributed by atoms with Crippen LogP contribution in [0.4, 0.5) is 8.78 Å². The van der Waals surface area contributed by atoms with E-state index in [2.05, 4.69) is 4.98 Å². The molecule has 0 aliphatic heterocycles. The van der Waals surface area contributed by atoms with Crippen molar-refractivity contribution in [1.82, 2.24) is 4.98 Å². The third kappa shape index (κ3) is 6.56. The summed E-state index contributed by atoms with van der Waals surface area (Å²) in [5.41, 5.74) is 0.529. The van der Waals surface area contributed by atoms with Gasteiger partial charge in [-0.15, -0.1) is 0 Å². The highest BCUT2D eigenvalue weighted by Crippen LogP contribution is 2.35. The first-order chi connectivity index (χ1) is 18.1. The SMILES string of the molecule is COc1cc(F)cc(C(c2cc(F)cc(OC)c2)[C@H](C)OC(=O)[C@H](C)CC(=O)c2nccc(OC)c2O)c1. The Labute approximate surface area is 219 Å². The number of ketones is 1. The maximum Gasteiger partial charge on any atom is 0.309 e. The molecule has 1 aromatic heterocycles. The van der Waals surface area contributed by atoms with Crippen molar-refractivity contribution in [2.24, 2.45) is 5.92 Å². The smallest absolute Gasteiger partial charge is 0.309 e. The average Bonchev–Trinajstić information content (AvgIpc) is 2.88. The fraction of sp³-hybridized carbons (Fsp3) is 0.321. The number of methoxy groups -OCH3 is 3. The zero-order valence-electron chi connectivity index (χ0n) is 21.7. The van der Waals surface area contributed by atoms with Crippen molar-refractivity contribution in [2.75, 3.05) is 21.3 Å². The van der Waals surface area contributed by atoms with Gasteiger partial charge in [0.25, 0.3) is 0 Å². The molecule has 38 heavy (non-hydrogen) atoms. The molecule has 0 saturated carbocycles. The van der Waals surface area contributed by atoms with E-state index in [0.717, 1.165) is 0 Å². The summed E-state index contributed by atoms with van der Waals surface area (Å²) in [6.45, 7) is 3.08. The molecule has 1 N–H and O–H groups in total. The first kappa shape index (κ1) is 28.4. The standard InChI is InChI=1S/C28H29F2NO7/c1-15(8-23(32)26-27(33)24(37-5)6-7-31-26)28(34)38-16(2)25(17-9-19(29)13-21(11-17)35-3)18-10-20(30)14-22(12-18)36-4/h6-7,9-16,25,33H,8H2,1-5H3/t15-,16+/m1/s1. The van der Waals surface area contributed by atoms with Crippen molar-refractivity contribution in [1.29, 1.82) is 0 Å². The number of carbonyl (C=O) groups is 2. The number of esters is 1. The molecule has 0 amide bonds. The Balaban J connectivity index is 1.88. The summed E-state index contributed by atoms with van der Waals surface area (Å²) >= 11 is 0. The molecule has 8 nitrogen and oxygen atoms in total. The molecule has 0 saturated heterocycles. The second kappa shape index (κ2) is 12.4. The topological polar surface area (TPSA) is 104 Å². The Morgan fingerprint density at radius 3 is 1.95 bits per heavy atom. The van der Waals surface area contributed by atoms with Crippen LogP contribution in [-0.2, 0) is 9.53 Å². The summed E-state index contributed by atoms with van der Waals surface area (Å²) in [6, 6.07) is 9.42. The van der Waals surface area contributed by atoms with E-state index in [4.69, 9.17) is 18.9 Å². The van der Waals surface area contributed by atoms with Crippen molar-refractivity contribution in [3.8, 4) is 23.0 Å². The zero-order valence-corrected chi connectivity index (χ0v) is 21.7. The lowest BCUT2D eigenvalue weighted by Crippen LogP contribution is -2.28. The van der Waals surface area contributed by atoms with Crippen LogP contribution in [-0.4, -0.2) is 49.3 Å². The average molecular weight is 530 g/mol. The molecule has 202 valence electrons. The van der Waals surface area contributed by atoms with Gasteiger partial charge in [-0.3, -0.25) is 9.59 Å². The van der Waals surface area contributed by atoms with Crippen LogP contribution >= 0.6 is 0 Å². The van der Waals surface area contributed by atoms with Gasteiger partial charge in [-0.2, -0.15) is 0 Å². The molecular formula is C28H29F2NO7. The first-order valence-corrected chi connectivity index (χ1v) is 11.7. The van der Waals surface area contributed by atoms with Crippen LogP contribution in [0.2, 0.25) is 0 Å². The third-order valence-corrected chi connectivity index (χ3v) is 6.01. The minimum Gasteiger partial charge on any atom is -0.503 e. The molecule has 10 heteroatoms. The van der Waals surface area contributed by atoms with Crippen LogP contribution in [0.1, 0.15) is 47.8 Å². The van der Waals surface area contributed by atoms with Crippen LogP contribution in [0.3, 0.4) is 0 Å². The maximum atomic E-state index is 14.4. The van der Waals surface area contributed by atoms with Gasteiger partial charge in [0.05, 0.1) is 27.2 Å². The maximum absolute atomic E-state index is 14.4. The van der Waals surface area contributed by atoms with E-state index in [1.807, 2.05) is 0 Å². The Hall–Kier alpha value is -4.21. The third-order valence-electron chi connectivity index (χ3n) is 6.01. The lowest BCUT2D eigenvalue weighted by molar-refractivity contribution is -0.153. The summed E-state index contributed by atoms with van der Waals surface area (Å²) in [5.74, 6) is -4.08. The molecular weight excluding hydrogens is 500 g/mol. The van der Waals surface area contributed by atoms with E-state index in [1.54, 1.807) is 19.1 Å². The van der Waals surface area contributed by atoms with Crippen molar-refractivity contribution in [3.05, 3.63) is 77.1 Å². The van der Waals surface area contributed by atoms with Crippen molar-refractivity contribution in [2.45, 2.75) is 32.3 Å². The van der Waals surface area contributed by atoms with Gasteiger partial charge < -0.3 is 24.1 Å². The predicted octanol–water partition coefficient (Wildman–Crippen LogP) is 5.06. The molecule has 0 spiro atoms. The molecule has 0 unspecified atom stereocenters. The first-order valence-electron chi connectivity index (χ1n) is 11.7. The summed E-state index contributed by atoms with van der Waals surface area (Å²) in [5, 5.41) is 10.2. The lowest BCUT2D eigenvalue weighted by atomic mass is 9.86. The number of pyridine rings is 1. The van der Waals surface area contributed by atoms with Crippen LogP contribution in [0.15, 0.2) is 48.7 Å². The molecule has 0 aliphatic rings. The van der Waals surface area contributed by atoms with Gasteiger partial charge >= 0.3 is 5.97 Å². The van der Waals surface area contributed by atoms with E-state index in [9.17, 15) is 23.5 Å². The van der Waals surface area contributed by atoms with Gasteiger partial charge in [0.15, 0.2) is 23.0 Å². The second-order valence-corrected chi connectivity index (χ2v) is 8.71. The summed E-state index contributed by atoms with van der Waals surface area (Å²) in [7, 11) is 4.11. The highest BCUT2D eigenvalue weighted by molar-refractivity contribution is 5.99. The Morgan fingerprint density at radius 2 is 1.45 bits per heavy atom. The Kier molecular flexibility index (Phi) is 9.22. The fourth-order valence-electron chi connectivity index (χ4n) is 4.13. The van der Waals surface area contributed by atoms with E-state index in [0.29, 0.717) is 11.1 Å². The normalized spacial score (nSPS) is 12.5. The summed E-state index contributed by atoms with van der Waals surface area (Å²) in [6.07, 6.45) is 0.0921. The molecule has 3 aromatic rings. The quantitative estimate of drug-likeness (QED) is 0.271. The van der Waals surface area contributed by atoms with Gasteiger partial charge in [0.2, 0.25) is 0 Å². The molecule has 0 aliphatic carbocycles. The van der Waals surface area contributed by atoms with E-state index >= 15 is 0 Å². The number of hydrogen-bond donors (Lipinski definition) is 1. The Bertz CT molecular complexity index is 1260. The second-order valence-electron chi connectivity index (χ2n) is 8.71. The molecule has 2 aromatic carbocycles. The number of ether oxygens (including phenoxy) is 4. The Morgan fingerprint density at radius 1 is 0.895 bits per heavy atom. The molecule has 0 fully saturated rings. The van der Waals surface area contributed by atoms with Crippen molar-refractivity contribution >= 4 is 11.8 Å². The number of Topliss-reactive ketones (excluding diaryl/α,β-unsaturated/α-hetero) is 1. The van der Waals surface area contributed by atoms with Gasteiger partial charge in [0.1, 0.15) is 29.2 Å². The fourth-order valence-corrected chi connectivity index (χ4v) is 4.13. The molecule has 3 rings (SSSR count). The number of benzene rings is 2. The number of nitrogens with zero attached hydrogens (tertiary/aromatic N) is 1. The highest BCUT2D eigenvalue weighted by Gasteiger charge is 2.30. The number of carbonyl (C=O) groups excluding carboxylic acids is 2. The summed E-state index contributed by atoms with van der Waals surface area (Å²) in [4.78, 5) is 29.6. The molecule has 0 bridgehead atoms. The number of rotatable bonds is 11. The van der Waals surface area contributed by atoms with Crippen molar-refractivity contribution in [3.63, 3.8) is 0 Å². The number of halogens is 2. The molecule has 0 radical (unpaired) electrons. The van der Waals surface area contributed by atoms with Gasteiger partial charge in [0, 0.05) is 36.7 Å². The van der Waals surface area contributed by atoms with Gasteiger partial charge in [-0.1, -0.05) is 6.92 Å².